The van der Waals surface area contributed by atoms with Gasteiger partial charge in [0.2, 0.25) is 0 Å². The molecule has 0 amide bonds. The molecule has 98 valence electrons. The molecule has 0 radical (unpaired) electrons. The van der Waals surface area contributed by atoms with Crippen LogP contribution >= 0.6 is 15.9 Å². The molecule has 1 aromatic heterocycles. The summed E-state index contributed by atoms with van der Waals surface area (Å²) < 4.78 is 1.04. The second-order valence-corrected chi connectivity index (χ2v) is 6.03. The Hall–Kier alpha value is -1.19. The van der Waals surface area contributed by atoms with Gasteiger partial charge in [-0.15, -0.1) is 0 Å². The minimum absolute atomic E-state index is 0.472. The Morgan fingerprint density at radius 2 is 2.00 bits per heavy atom. The Kier molecular flexibility index (Phi) is 3.95. The molecule has 2 nitrogen and oxygen atoms in total. The second kappa shape index (κ2) is 5.85. The molecule has 1 fully saturated rings. The lowest BCUT2D eigenvalue weighted by atomic mass is 10.0. The fraction of sp³-hybridized carbons (Fsp3) is 0.312. The van der Waals surface area contributed by atoms with Gasteiger partial charge in [0.05, 0.1) is 0 Å². The Labute approximate surface area is 122 Å². The zero-order valence-corrected chi connectivity index (χ0v) is 12.3. The zero-order chi connectivity index (χ0) is 13.1. The van der Waals surface area contributed by atoms with Gasteiger partial charge in [-0.2, -0.15) is 0 Å². The molecule has 1 unspecified atom stereocenters. The molecule has 0 bridgehead atoms. The summed E-state index contributed by atoms with van der Waals surface area (Å²) in [6.45, 7) is 0.864. The van der Waals surface area contributed by atoms with E-state index in [1.54, 1.807) is 0 Å². The standard InChI is InChI=1S/C16H17BrN2/c17-15-8-12(9-18-11-15)10-19-16(14-6-7-14)13-4-2-1-3-5-13/h1-5,8-9,11,14,16,19H,6-7,10H2. The second-order valence-electron chi connectivity index (χ2n) is 5.12. The van der Waals surface area contributed by atoms with Crippen molar-refractivity contribution in [3.05, 3.63) is 64.4 Å². The maximum absolute atomic E-state index is 4.21. The summed E-state index contributed by atoms with van der Waals surface area (Å²) in [5.41, 5.74) is 2.61. The highest BCUT2D eigenvalue weighted by atomic mass is 79.9. The number of nitrogens with one attached hydrogen (secondary N) is 1. The van der Waals surface area contributed by atoms with Gasteiger partial charge in [0, 0.05) is 29.5 Å². The summed E-state index contributed by atoms with van der Waals surface area (Å²) in [7, 11) is 0. The molecule has 1 aliphatic carbocycles. The van der Waals surface area contributed by atoms with E-state index in [4.69, 9.17) is 0 Å². The van der Waals surface area contributed by atoms with E-state index < -0.39 is 0 Å². The van der Waals surface area contributed by atoms with E-state index in [9.17, 15) is 0 Å². The largest absolute Gasteiger partial charge is 0.306 e. The average molecular weight is 317 g/mol. The van der Waals surface area contributed by atoms with Crippen LogP contribution in [0.5, 0.6) is 0 Å². The molecule has 1 heterocycles. The highest BCUT2D eigenvalue weighted by Gasteiger charge is 2.31. The number of rotatable bonds is 5. The molecule has 1 N–H and O–H groups in total. The number of hydrogen-bond donors (Lipinski definition) is 1. The Morgan fingerprint density at radius 3 is 2.68 bits per heavy atom. The summed E-state index contributed by atoms with van der Waals surface area (Å²) >= 11 is 3.47. The van der Waals surface area contributed by atoms with Crippen LogP contribution in [0.4, 0.5) is 0 Å². The van der Waals surface area contributed by atoms with Gasteiger partial charge in [0.25, 0.3) is 0 Å². The van der Waals surface area contributed by atoms with Crippen molar-refractivity contribution < 1.29 is 0 Å². The van der Waals surface area contributed by atoms with E-state index in [-0.39, 0.29) is 0 Å². The number of nitrogens with zero attached hydrogens (tertiary/aromatic N) is 1. The van der Waals surface area contributed by atoms with Crippen LogP contribution in [0.25, 0.3) is 0 Å². The minimum Gasteiger partial charge on any atom is -0.306 e. The molecule has 0 saturated heterocycles. The van der Waals surface area contributed by atoms with Crippen molar-refractivity contribution in [1.82, 2.24) is 10.3 Å². The molecule has 0 spiro atoms. The Morgan fingerprint density at radius 1 is 1.21 bits per heavy atom. The van der Waals surface area contributed by atoms with Crippen molar-refractivity contribution in [2.75, 3.05) is 0 Å². The minimum atomic E-state index is 0.472. The van der Waals surface area contributed by atoms with Gasteiger partial charge in [-0.3, -0.25) is 4.98 Å². The van der Waals surface area contributed by atoms with E-state index >= 15 is 0 Å². The molecule has 1 atom stereocenters. The van der Waals surface area contributed by atoms with Gasteiger partial charge in [-0.25, -0.2) is 0 Å². The number of benzene rings is 1. The number of pyridine rings is 1. The summed E-state index contributed by atoms with van der Waals surface area (Å²) in [4.78, 5) is 4.21. The van der Waals surface area contributed by atoms with Gasteiger partial charge in [-0.1, -0.05) is 30.3 Å². The quantitative estimate of drug-likeness (QED) is 0.898. The highest BCUT2D eigenvalue weighted by Crippen LogP contribution is 2.41. The van der Waals surface area contributed by atoms with Crippen molar-refractivity contribution in [2.45, 2.75) is 25.4 Å². The lowest BCUT2D eigenvalue weighted by Gasteiger charge is -2.18. The molecule has 0 aliphatic heterocycles. The van der Waals surface area contributed by atoms with Gasteiger partial charge in [0.1, 0.15) is 0 Å². The van der Waals surface area contributed by atoms with Crippen molar-refractivity contribution in [1.29, 1.82) is 0 Å². The summed E-state index contributed by atoms with van der Waals surface area (Å²) in [6.07, 6.45) is 6.42. The summed E-state index contributed by atoms with van der Waals surface area (Å²) in [5.74, 6) is 0.794. The third-order valence-corrected chi connectivity index (χ3v) is 3.97. The first kappa shape index (κ1) is 12.8. The molecule has 1 saturated carbocycles. The van der Waals surface area contributed by atoms with Crippen LogP contribution in [0, 0.1) is 5.92 Å². The van der Waals surface area contributed by atoms with Crippen molar-refractivity contribution in [3.8, 4) is 0 Å². The van der Waals surface area contributed by atoms with Gasteiger partial charge in [-0.05, 0) is 51.9 Å². The third-order valence-electron chi connectivity index (χ3n) is 3.54. The van der Waals surface area contributed by atoms with Crippen LogP contribution in [-0.4, -0.2) is 4.98 Å². The first-order chi connectivity index (χ1) is 9.33. The monoisotopic (exact) mass is 316 g/mol. The van der Waals surface area contributed by atoms with Gasteiger partial charge in [0.15, 0.2) is 0 Å². The maximum atomic E-state index is 4.21. The molecule has 3 heteroatoms. The van der Waals surface area contributed by atoms with Crippen LogP contribution in [0.15, 0.2) is 53.3 Å². The molecular weight excluding hydrogens is 300 g/mol. The molecular formula is C16H17BrN2. The van der Waals surface area contributed by atoms with Crippen LogP contribution < -0.4 is 5.32 Å². The SMILES string of the molecule is Brc1cncc(CNC(c2ccccc2)C2CC2)c1. The van der Waals surface area contributed by atoms with E-state index in [0.717, 1.165) is 16.9 Å². The first-order valence-electron chi connectivity index (χ1n) is 6.71. The predicted molar refractivity (Wildman–Crippen MR) is 80.7 cm³/mol. The molecule has 19 heavy (non-hydrogen) atoms. The zero-order valence-electron chi connectivity index (χ0n) is 10.7. The fourth-order valence-corrected chi connectivity index (χ4v) is 2.84. The molecule has 3 rings (SSSR count). The first-order valence-corrected chi connectivity index (χ1v) is 7.50. The number of aromatic nitrogens is 1. The van der Waals surface area contributed by atoms with Crippen LogP contribution in [0.3, 0.4) is 0 Å². The van der Waals surface area contributed by atoms with Crippen LogP contribution in [0.2, 0.25) is 0 Å². The van der Waals surface area contributed by atoms with E-state index in [0.29, 0.717) is 6.04 Å². The molecule has 1 aliphatic rings. The van der Waals surface area contributed by atoms with Gasteiger partial charge < -0.3 is 5.32 Å². The average Bonchev–Trinajstić information content (AvgIpc) is 3.25. The molecule has 1 aromatic carbocycles. The summed E-state index contributed by atoms with van der Waals surface area (Å²) in [5, 5.41) is 3.68. The lowest BCUT2D eigenvalue weighted by molar-refractivity contribution is 0.480. The predicted octanol–water partition coefficient (Wildman–Crippen LogP) is 4.09. The van der Waals surface area contributed by atoms with E-state index in [2.05, 4.69) is 62.6 Å². The normalized spacial score (nSPS) is 16.3. The Balaban J connectivity index is 1.69. The fourth-order valence-electron chi connectivity index (χ4n) is 2.43. The van der Waals surface area contributed by atoms with Crippen molar-refractivity contribution in [3.63, 3.8) is 0 Å². The Bertz CT molecular complexity index is 537. The number of halogens is 1. The lowest BCUT2D eigenvalue weighted by Crippen LogP contribution is -2.22. The highest BCUT2D eigenvalue weighted by molar-refractivity contribution is 9.10. The maximum Gasteiger partial charge on any atom is 0.0410 e. The summed E-state index contributed by atoms with van der Waals surface area (Å²) in [6, 6.07) is 13.3. The number of hydrogen-bond acceptors (Lipinski definition) is 2. The van der Waals surface area contributed by atoms with Crippen LogP contribution in [0.1, 0.15) is 30.0 Å². The third kappa shape index (κ3) is 3.43. The molecule has 2 aromatic rings. The smallest absolute Gasteiger partial charge is 0.0410 e. The van der Waals surface area contributed by atoms with E-state index in [1.807, 2.05) is 12.4 Å². The topological polar surface area (TPSA) is 24.9 Å². The van der Waals surface area contributed by atoms with Crippen molar-refractivity contribution in [2.24, 2.45) is 5.92 Å². The van der Waals surface area contributed by atoms with Gasteiger partial charge >= 0.3 is 0 Å². The van der Waals surface area contributed by atoms with E-state index in [1.165, 1.54) is 24.0 Å². The van der Waals surface area contributed by atoms with Crippen LogP contribution in [-0.2, 0) is 6.54 Å². The van der Waals surface area contributed by atoms with Crippen molar-refractivity contribution >= 4 is 15.9 Å².